The summed E-state index contributed by atoms with van der Waals surface area (Å²) in [6.45, 7) is 8.04. The minimum Gasteiger partial charge on any atom is -0.492 e. The Labute approximate surface area is 229 Å². The SMILES string of the molecule is CCc1cc(Oc2cccc3cc(C(=O)Nc4cc(C(C)(C)C)cc(NS(C)(=O)=O)c4OC)n(C)c23)ccn1. The van der Waals surface area contributed by atoms with Crippen LogP contribution in [0.5, 0.6) is 17.2 Å². The second kappa shape index (κ2) is 10.6. The molecule has 4 rings (SSSR count). The molecular formula is C29H34N4O5S. The summed E-state index contributed by atoms with van der Waals surface area (Å²) in [6.07, 6.45) is 3.57. The summed E-state index contributed by atoms with van der Waals surface area (Å²) < 4.78 is 40.1. The molecule has 0 aliphatic heterocycles. The van der Waals surface area contributed by atoms with Crippen molar-refractivity contribution in [1.82, 2.24) is 9.55 Å². The number of para-hydroxylation sites is 1. The van der Waals surface area contributed by atoms with Crippen LogP contribution >= 0.6 is 0 Å². The molecule has 2 N–H and O–H groups in total. The molecule has 0 spiro atoms. The number of hydrogen-bond acceptors (Lipinski definition) is 6. The third kappa shape index (κ3) is 6.17. The Kier molecular flexibility index (Phi) is 7.61. The zero-order valence-electron chi connectivity index (χ0n) is 23.2. The number of amides is 1. The minimum absolute atomic E-state index is 0.217. The van der Waals surface area contributed by atoms with Gasteiger partial charge in [0.05, 0.1) is 30.3 Å². The number of aryl methyl sites for hydroxylation is 2. The number of hydrogen-bond donors (Lipinski definition) is 2. The molecule has 2 aromatic carbocycles. The van der Waals surface area contributed by atoms with Gasteiger partial charge in [-0.15, -0.1) is 0 Å². The highest BCUT2D eigenvalue weighted by Gasteiger charge is 2.24. The summed E-state index contributed by atoms with van der Waals surface area (Å²) in [4.78, 5) is 17.9. The van der Waals surface area contributed by atoms with Crippen molar-refractivity contribution in [3.8, 4) is 17.2 Å². The van der Waals surface area contributed by atoms with E-state index < -0.39 is 10.0 Å². The molecule has 0 aliphatic carbocycles. The lowest BCUT2D eigenvalue weighted by atomic mass is 9.86. The van der Waals surface area contributed by atoms with Gasteiger partial charge in [0, 0.05) is 30.4 Å². The van der Waals surface area contributed by atoms with Crippen LogP contribution in [0.1, 0.15) is 49.4 Å². The molecule has 4 aromatic rings. The van der Waals surface area contributed by atoms with Crippen LogP contribution < -0.4 is 19.5 Å². The maximum atomic E-state index is 13.6. The van der Waals surface area contributed by atoms with Crippen molar-refractivity contribution < 1.29 is 22.7 Å². The molecule has 1 amide bonds. The van der Waals surface area contributed by atoms with Crippen molar-refractivity contribution in [3.05, 3.63) is 71.7 Å². The van der Waals surface area contributed by atoms with E-state index in [1.807, 2.05) is 52.0 Å². The monoisotopic (exact) mass is 550 g/mol. The van der Waals surface area contributed by atoms with E-state index in [0.29, 0.717) is 22.9 Å². The van der Waals surface area contributed by atoms with Crippen LogP contribution in [0.2, 0.25) is 0 Å². The Hall–Kier alpha value is -4.05. The molecule has 0 radical (unpaired) electrons. The number of rotatable bonds is 8. The molecule has 39 heavy (non-hydrogen) atoms. The fourth-order valence-electron chi connectivity index (χ4n) is 4.36. The van der Waals surface area contributed by atoms with E-state index in [9.17, 15) is 13.2 Å². The summed E-state index contributed by atoms with van der Waals surface area (Å²) in [5.74, 6) is 1.10. The van der Waals surface area contributed by atoms with E-state index in [0.717, 1.165) is 34.8 Å². The first-order valence-corrected chi connectivity index (χ1v) is 14.4. The molecule has 0 saturated carbocycles. The van der Waals surface area contributed by atoms with E-state index in [1.165, 1.54) is 7.11 Å². The van der Waals surface area contributed by atoms with Gasteiger partial charge in [-0.2, -0.15) is 0 Å². The van der Waals surface area contributed by atoms with Crippen molar-refractivity contribution >= 4 is 38.2 Å². The molecule has 2 heterocycles. The van der Waals surface area contributed by atoms with Crippen molar-refractivity contribution in [1.29, 1.82) is 0 Å². The number of nitrogens with zero attached hydrogens (tertiary/aromatic N) is 2. The highest BCUT2D eigenvalue weighted by Crippen LogP contribution is 2.40. The lowest BCUT2D eigenvalue weighted by Gasteiger charge is -2.24. The highest BCUT2D eigenvalue weighted by molar-refractivity contribution is 7.92. The van der Waals surface area contributed by atoms with Gasteiger partial charge in [0.1, 0.15) is 11.4 Å². The summed E-state index contributed by atoms with van der Waals surface area (Å²) in [6, 6.07) is 14.6. The number of carbonyl (C=O) groups is 1. The molecule has 0 atom stereocenters. The van der Waals surface area contributed by atoms with Gasteiger partial charge in [0.25, 0.3) is 5.91 Å². The van der Waals surface area contributed by atoms with Crippen LogP contribution in [-0.4, -0.2) is 37.2 Å². The third-order valence-electron chi connectivity index (χ3n) is 6.33. The molecule has 0 aliphatic rings. The van der Waals surface area contributed by atoms with Crippen molar-refractivity contribution in [2.75, 3.05) is 23.4 Å². The summed E-state index contributed by atoms with van der Waals surface area (Å²) >= 11 is 0. The smallest absolute Gasteiger partial charge is 0.272 e. The van der Waals surface area contributed by atoms with Gasteiger partial charge < -0.3 is 19.4 Å². The number of anilines is 2. The number of pyridine rings is 1. The van der Waals surface area contributed by atoms with E-state index >= 15 is 0 Å². The molecule has 0 bridgehead atoms. The van der Waals surface area contributed by atoms with Crippen LogP contribution in [0.3, 0.4) is 0 Å². The predicted octanol–water partition coefficient (Wildman–Crippen LogP) is 5.86. The normalized spacial score (nSPS) is 11.9. The number of sulfonamides is 1. The minimum atomic E-state index is -3.59. The van der Waals surface area contributed by atoms with Gasteiger partial charge in [-0.3, -0.25) is 14.5 Å². The summed E-state index contributed by atoms with van der Waals surface area (Å²) in [7, 11) is -0.365. The maximum absolute atomic E-state index is 13.6. The number of aromatic nitrogens is 2. The lowest BCUT2D eigenvalue weighted by molar-refractivity contribution is 0.101. The number of fused-ring (bicyclic) bond motifs is 1. The van der Waals surface area contributed by atoms with E-state index in [1.54, 1.807) is 42.1 Å². The van der Waals surface area contributed by atoms with Crippen molar-refractivity contribution in [2.24, 2.45) is 7.05 Å². The van der Waals surface area contributed by atoms with Crippen molar-refractivity contribution in [3.63, 3.8) is 0 Å². The summed E-state index contributed by atoms with van der Waals surface area (Å²) in [5.41, 5.74) is 3.17. The number of nitrogens with one attached hydrogen (secondary N) is 2. The maximum Gasteiger partial charge on any atom is 0.272 e. The standard InChI is InChI=1S/C29H34N4O5S/c1-8-20-17-21(12-13-30-20)38-25-11-9-10-18-14-24(33(5)26(18)25)28(34)31-22-15-19(29(2,3)4)16-23(27(22)37-6)32-39(7,35)36/h9-17,32H,8H2,1-7H3,(H,31,34). The van der Waals surface area contributed by atoms with E-state index in [2.05, 4.69) is 15.0 Å². The second-order valence-corrected chi connectivity index (χ2v) is 12.2. The first-order chi connectivity index (χ1) is 18.3. The molecule has 0 unspecified atom stereocenters. The van der Waals surface area contributed by atoms with Crippen LogP contribution in [0.25, 0.3) is 10.9 Å². The predicted molar refractivity (Wildman–Crippen MR) is 155 cm³/mol. The van der Waals surface area contributed by atoms with Crippen molar-refractivity contribution in [2.45, 2.75) is 39.5 Å². The zero-order valence-corrected chi connectivity index (χ0v) is 24.1. The van der Waals surface area contributed by atoms with E-state index in [4.69, 9.17) is 9.47 Å². The first kappa shape index (κ1) is 28.0. The third-order valence-corrected chi connectivity index (χ3v) is 6.92. The Morgan fingerprint density at radius 2 is 1.79 bits per heavy atom. The topological polar surface area (TPSA) is 112 Å². The molecule has 0 fully saturated rings. The fourth-order valence-corrected chi connectivity index (χ4v) is 4.91. The zero-order chi connectivity index (χ0) is 28.5. The Bertz CT molecular complexity index is 1650. The molecule has 0 saturated heterocycles. The second-order valence-electron chi connectivity index (χ2n) is 10.4. The van der Waals surface area contributed by atoms with Gasteiger partial charge in [-0.05, 0) is 47.7 Å². The number of ether oxygens (including phenoxy) is 2. The largest absolute Gasteiger partial charge is 0.492 e. The van der Waals surface area contributed by atoms with E-state index in [-0.39, 0.29) is 22.8 Å². The number of methoxy groups -OCH3 is 1. The molecule has 9 nitrogen and oxygen atoms in total. The lowest BCUT2D eigenvalue weighted by Crippen LogP contribution is -2.19. The number of carbonyl (C=O) groups excluding carboxylic acids is 1. The van der Waals surface area contributed by atoms with Gasteiger partial charge >= 0.3 is 0 Å². The molecule has 2 aromatic heterocycles. The van der Waals surface area contributed by atoms with Crippen LogP contribution in [0.15, 0.2) is 54.7 Å². The van der Waals surface area contributed by atoms with Crippen LogP contribution in [0, 0.1) is 0 Å². The molecule has 206 valence electrons. The average molecular weight is 551 g/mol. The van der Waals surface area contributed by atoms with Gasteiger partial charge in [-0.25, -0.2) is 8.42 Å². The Morgan fingerprint density at radius 3 is 2.44 bits per heavy atom. The molecule has 10 heteroatoms. The summed E-state index contributed by atoms with van der Waals surface area (Å²) in [5, 5.41) is 3.77. The Balaban J connectivity index is 1.75. The van der Waals surface area contributed by atoms with Crippen LogP contribution in [0.4, 0.5) is 11.4 Å². The van der Waals surface area contributed by atoms with Crippen LogP contribution in [-0.2, 0) is 28.9 Å². The molecular weight excluding hydrogens is 516 g/mol. The quantitative estimate of drug-likeness (QED) is 0.284. The fraction of sp³-hybridized carbons (Fsp3) is 0.310. The van der Waals surface area contributed by atoms with Gasteiger partial charge in [-0.1, -0.05) is 39.8 Å². The number of benzene rings is 2. The first-order valence-electron chi connectivity index (χ1n) is 12.5. The van der Waals surface area contributed by atoms with Gasteiger partial charge in [0.15, 0.2) is 11.5 Å². The highest BCUT2D eigenvalue weighted by atomic mass is 32.2. The Morgan fingerprint density at radius 1 is 1.08 bits per heavy atom. The average Bonchev–Trinajstić information content (AvgIpc) is 3.20. The van der Waals surface area contributed by atoms with Gasteiger partial charge in [0.2, 0.25) is 10.0 Å².